The molecule has 0 unspecified atom stereocenters. The summed E-state index contributed by atoms with van der Waals surface area (Å²) in [6.07, 6.45) is 2.16. The Hall–Kier alpha value is -3.27. The normalized spacial score (nSPS) is 14.1. The number of hydrogen-bond acceptors (Lipinski definition) is 5. The van der Waals surface area contributed by atoms with Crippen molar-refractivity contribution in [1.29, 1.82) is 0 Å². The molecule has 0 atom stereocenters. The minimum absolute atomic E-state index is 0.0373. The third-order valence-electron chi connectivity index (χ3n) is 5.40. The summed E-state index contributed by atoms with van der Waals surface area (Å²) in [6, 6.07) is 8.39. The van der Waals surface area contributed by atoms with Crippen LogP contribution in [-0.4, -0.2) is 19.5 Å². The molecule has 4 heterocycles. The maximum atomic E-state index is 13.2. The Balaban J connectivity index is 1.55. The Morgan fingerprint density at radius 2 is 2.03 bits per heavy atom. The number of hydrogen-bond donors (Lipinski definition) is 2. The second-order valence-electron chi connectivity index (χ2n) is 7.69. The van der Waals surface area contributed by atoms with Crippen LogP contribution in [-0.2, 0) is 13.2 Å². The Morgan fingerprint density at radius 1 is 1.22 bits per heavy atom. The fourth-order valence-corrected chi connectivity index (χ4v) is 4.46. The molecule has 0 amide bonds. The number of rotatable bonds is 5. The van der Waals surface area contributed by atoms with Gasteiger partial charge in [0.2, 0.25) is 0 Å². The number of aromatic amines is 1. The first-order valence-corrected chi connectivity index (χ1v) is 10.8. The van der Waals surface area contributed by atoms with Crippen LogP contribution in [0.4, 0.5) is 19.0 Å². The van der Waals surface area contributed by atoms with E-state index in [-0.39, 0.29) is 10.5 Å². The van der Waals surface area contributed by atoms with Crippen LogP contribution in [0.1, 0.15) is 30.0 Å². The zero-order chi connectivity index (χ0) is 22.5. The van der Waals surface area contributed by atoms with E-state index in [9.17, 15) is 18.0 Å². The summed E-state index contributed by atoms with van der Waals surface area (Å²) in [5.74, 6) is 0.810. The van der Waals surface area contributed by atoms with E-state index in [0.29, 0.717) is 17.3 Å². The quantitative estimate of drug-likeness (QED) is 0.396. The Bertz CT molecular complexity index is 1370. The largest absolute Gasteiger partial charge is 0.434 e. The van der Waals surface area contributed by atoms with E-state index in [1.165, 1.54) is 16.7 Å². The zero-order valence-electron chi connectivity index (χ0n) is 16.9. The second kappa shape index (κ2) is 7.70. The molecule has 164 valence electrons. The number of anilines is 1. The second-order valence-corrected chi connectivity index (χ2v) is 8.53. The summed E-state index contributed by atoms with van der Waals surface area (Å²) in [6.45, 7) is 0. The molecule has 0 saturated heterocycles. The van der Waals surface area contributed by atoms with Gasteiger partial charge in [-0.1, -0.05) is 6.07 Å². The Labute approximate surface area is 185 Å². The summed E-state index contributed by atoms with van der Waals surface area (Å²) >= 11 is 0.815. The van der Waals surface area contributed by atoms with E-state index >= 15 is 0 Å². The molecule has 0 spiro atoms. The van der Waals surface area contributed by atoms with Crippen LogP contribution in [0.5, 0.6) is 0 Å². The summed E-state index contributed by atoms with van der Waals surface area (Å²) in [7, 11) is 1.68. The van der Waals surface area contributed by atoms with Gasteiger partial charge in [-0.05, 0) is 60.5 Å². The predicted molar refractivity (Wildman–Crippen MR) is 117 cm³/mol. The molecule has 0 bridgehead atoms. The van der Waals surface area contributed by atoms with Gasteiger partial charge in [0.1, 0.15) is 11.3 Å². The number of alkyl halides is 3. The minimum Gasteiger partial charge on any atom is -0.357 e. The highest BCUT2D eigenvalue weighted by molar-refractivity contribution is 8.00. The van der Waals surface area contributed by atoms with Crippen LogP contribution < -0.4 is 10.3 Å². The van der Waals surface area contributed by atoms with Gasteiger partial charge in [-0.25, -0.2) is 4.98 Å². The van der Waals surface area contributed by atoms with Crippen LogP contribution in [0.2, 0.25) is 0 Å². The maximum Gasteiger partial charge on any atom is 0.434 e. The van der Waals surface area contributed by atoms with Crippen molar-refractivity contribution in [2.75, 3.05) is 4.72 Å². The lowest BCUT2D eigenvalue weighted by Gasteiger charge is -2.14. The van der Waals surface area contributed by atoms with Gasteiger partial charge in [-0.15, -0.1) is 0 Å². The Morgan fingerprint density at radius 3 is 2.78 bits per heavy atom. The van der Waals surface area contributed by atoms with E-state index in [0.717, 1.165) is 53.2 Å². The molecule has 4 aromatic rings. The molecule has 4 aromatic heterocycles. The van der Waals surface area contributed by atoms with E-state index in [2.05, 4.69) is 14.7 Å². The van der Waals surface area contributed by atoms with Crippen molar-refractivity contribution in [1.82, 2.24) is 19.5 Å². The molecule has 5 rings (SSSR count). The first-order chi connectivity index (χ1) is 15.3. The molecule has 2 N–H and O–H groups in total. The lowest BCUT2D eigenvalue weighted by atomic mass is 10.0. The van der Waals surface area contributed by atoms with Crippen LogP contribution in [0.3, 0.4) is 0 Å². The number of nitrogens with zero attached hydrogens (tertiary/aromatic N) is 3. The fourth-order valence-electron chi connectivity index (χ4n) is 3.72. The van der Waals surface area contributed by atoms with Crippen molar-refractivity contribution in [3.63, 3.8) is 0 Å². The third kappa shape index (κ3) is 3.75. The summed E-state index contributed by atoms with van der Waals surface area (Å²) in [5.41, 5.74) is 2.00. The van der Waals surface area contributed by atoms with Crippen LogP contribution >= 0.6 is 11.9 Å². The SMILES string of the molecule is Cn1cc(-c2nc(NSc3cccnc3C(F)(F)F)ccc2C2CC2)c2cc[nH]c2c1=O. The van der Waals surface area contributed by atoms with Crippen molar-refractivity contribution < 1.29 is 13.2 Å². The standard InChI is InChI=1S/C22H18F3N5OS/c1-30-11-15(14-8-10-26-19(14)21(30)31)18-13(12-4-5-12)6-7-17(28-18)29-32-16-3-2-9-27-20(16)22(23,24)25/h2-3,6-12,26H,4-5H2,1H3,(H,28,29). The third-order valence-corrected chi connectivity index (χ3v) is 6.26. The first-order valence-electron chi connectivity index (χ1n) is 9.96. The first kappa shape index (κ1) is 20.6. The van der Waals surface area contributed by atoms with Crippen LogP contribution in [0, 0.1) is 0 Å². The molecule has 32 heavy (non-hydrogen) atoms. The van der Waals surface area contributed by atoms with Gasteiger partial charge in [-0.3, -0.25) is 9.78 Å². The van der Waals surface area contributed by atoms with Crippen molar-refractivity contribution in [3.8, 4) is 11.3 Å². The monoisotopic (exact) mass is 457 g/mol. The zero-order valence-corrected chi connectivity index (χ0v) is 17.7. The highest BCUT2D eigenvalue weighted by Crippen LogP contribution is 2.45. The molecular weight excluding hydrogens is 439 g/mol. The van der Waals surface area contributed by atoms with Crippen molar-refractivity contribution in [2.45, 2.75) is 29.8 Å². The molecular formula is C22H18F3N5OS. The van der Waals surface area contributed by atoms with E-state index in [1.807, 2.05) is 12.1 Å². The van der Waals surface area contributed by atoms with Crippen molar-refractivity contribution in [3.05, 3.63) is 70.5 Å². The van der Waals surface area contributed by atoms with Gasteiger partial charge in [0.15, 0.2) is 5.69 Å². The van der Waals surface area contributed by atoms with Gasteiger partial charge >= 0.3 is 6.18 Å². The van der Waals surface area contributed by atoms with Crippen LogP contribution in [0.15, 0.2) is 58.6 Å². The molecule has 1 fully saturated rings. The summed E-state index contributed by atoms with van der Waals surface area (Å²) < 4.78 is 44.2. The van der Waals surface area contributed by atoms with E-state index in [1.54, 1.807) is 25.5 Å². The number of H-pyrrole nitrogens is 1. The lowest BCUT2D eigenvalue weighted by molar-refractivity contribution is -0.143. The summed E-state index contributed by atoms with van der Waals surface area (Å²) in [4.78, 5) is 23.6. The molecule has 1 aliphatic carbocycles. The van der Waals surface area contributed by atoms with Gasteiger partial charge < -0.3 is 14.3 Å². The van der Waals surface area contributed by atoms with Crippen molar-refractivity contribution >= 4 is 28.7 Å². The summed E-state index contributed by atoms with van der Waals surface area (Å²) in [5, 5.41) is 0.763. The average molecular weight is 457 g/mol. The number of fused-ring (bicyclic) bond motifs is 1. The Kier molecular flexibility index (Phi) is 4.96. The number of halogens is 3. The highest BCUT2D eigenvalue weighted by atomic mass is 32.2. The molecule has 0 aromatic carbocycles. The number of aryl methyl sites for hydroxylation is 1. The molecule has 1 saturated carbocycles. The van der Waals surface area contributed by atoms with E-state index < -0.39 is 11.9 Å². The molecule has 1 aliphatic rings. The van der Waals surface area contributed by atoms with Gasteiger partial charge in [0, 0.05) is 36.6 Å². The van der Waals surface area contributed by atoms with Gasteiger partial charge in [0.25, 0.3) is 5.56 Å². The highest BCUT2D eigenvalue weighted by Gasteiger charge is 2.35. The number of pyridine rings is 3. The maximum absolute atomic E-state index is 13.2. The van der Waals surface area contributed by atoms with Gasteiger partial charge in [-0.2, -0.15) is 13.2 Å². The minimum atomic E-state index is -4.55. The lowest BCUT2D eigenvalue weighted by Crippen LogP contribution is -2.16. The fraction of sp³-hybridized carbons (Fsp3) is 0.227. The van der Waals surface area contributed by atoms with Crippen molar-refractivity contribution in [2.24, 2.45) is 7.05 Å². The van der Waals surface area contributed by atoms with E-state index in [4.69, 9.17) is 4.98 Å². The smallest absolute Gasteiger partial charge is 0.357 e. The topological polar surface area (TPSA) is 75.6 Å². The average Bonchev–Trinajstić information content (AvgIpc) is 3.50. The van der Waals surface area contributed by atoms with Gasteiger partial charge in [0.05, 0.1) is 10.6 Å². The van der Waals surface area contributed by atoms with Crippen LogP contribution in [0.25, 0.3) is 22.2 Å². The molecule has 0 aliphatic heterocycles. The predicted octanol–water partition coefficient (Wildman–Crippen LogP) is 5.34. The molecule has 6 nitrogen and oxygen atoms in total. The molecule has 10 heteroatoms. The number of nitrogens with one attached hydrogen (secondary N) is 2. The number of aromatic nitrogens is 4. The molecule has 0 radical (unpaired) electrons.